The highest BCUT2D eigenvalue weighted by Gasteiger charge is 1.94. The first-order valence-electron chi connectivity index (χ1n) is 2.98. The largest absolute Gasteiger partial charge is 0.103 e. The van der Waals surface area contributed by atoms with Crippen LogP contribution in [0.5, 0.6) is 0 Å². The SMILES string of the molecule is C=CCC[C@@H](C)CI. The predicted molar refractivity (Wildman–Crippen MR) is 47.5 cm³/mol. The molecule has 0 radical (unpaired) electrons. The van der Waals surface area contributed by atoms with Gasteiger partial charge in [0.05, 0.1) is 0 Å². The molecular formula is C7H13I. The van der Waals surface area contributed by atoms with E-state index in [4.69, 9.17) is 0 Å². The zero-order valence-corrected chi connectivity index (χ0v) is 7.52. The molecule has 0 spiro atoms. The van der Waals surface area contributed by atoms with Crippen LogP contribution >= 0.6 is 22.6 Å². The highest BCUT2D eigenvalue weighted by Crippen LogP contribution is 2.08. The predicted octanol–water partition coefficient (Wildman–Crippen LogP) is 3.02. The van der Waals surface area contributed by atoms with E-state index in [1.54, 1.807) is 0 Å². The van der Waals surface area contributed by atoms with E-state index in [-0.39, 0.29) is 0 Å². The lowest BCUT2D eigenvalue weighted by Gasteiger charge is -2.02. The van der Waals surface area contributed by atoms with Crippen molar-refractivity contribution in [3.63, 3.8) is 0 Å². The fraction of sp³-hybridized carbons (Fsp3) is 0.714. The summed E-state index contributed by atoms with van der Waals surface area (Å²) in [6.45, 7) is 5.94. The highest BCUT2D eigenvalue weighted by molar-refractivity contribution is 14.1. The molecule has 0 aromatic heterocycles. The molecule has 0 fully saturated rings. The summed E-state index contributed by atoms with van der Waals surface area (Å²) in [5.41, 5.74) is 0. The van der Waals surface area contributed by atoms with Crippen molar-refractivity contribution >= 4 is 22.6 Å². The second kappa shape index (κ2) is 5.60. The minimum atomic E-state index is 0.869. The summed E-state index contributed by atoms with van der Waals surface area (Å²) < 4.78 is 1.27. The molecule has 0 saturated heterocycles. The zero-order chi connectivity index (χ0) is 6.41. The van der Waals surface area contributed by atoms with Gasteiger partial charge in [-0.3, -0.25) is 0 Å². The molecule has 0 heterocycles. The Bertz CT molecular complexity index is 59.4. The van der Waals surface area contributed by atoms with Gasteiger partial charge in [0, 0.05) is 4.43 Å². The Balaban J connectivity index is 2.97. The fourth-order valence-electron chi connectivity index (χ4n) is 0.480. The molecule has 0 saturated carbocycles. The van der Waals surface area contributed by atoms with Gasteiger partial charge in [0.25, 0.3) is 0 Å². The standard InChI is InChI=1S/C7H13I/c1-3-4-5-7(2)6-8/h3,7H,1,4-6H2,2H3/t7-/m1/s1. The van der Waals surface area contributed by atoms with Crippen LogP contribution in [-0.2, 0) is 0 Å². The second-order valence-corrected chi connectivity index (χ2v) is 3.01. The van der Waals surface area contributed by atoms with Gasteiger partial charge < -0.3 is 0 Å². The summed E-state index contributed by atoms with van der Waals surface area (Å²) in [7, 11) is 0. The summed E-state index contributed by atoms with van der Waals surface area (Å²) in [6.07, 6.45) is 4.46. The lowest BCUT2D eigenvalue weighted by Crippen LogP contribution is -1.92. The van der Waals surface area contributed by atoms with Crippen LogP contribution < -0.4 is 0 Å². The van der Waals surface area contributed by atoms with Crippen LogP contribution in [-0.4, -0.2) is 4.43 Å². The van der Waals surface area contributed by atoms with Crippen molar-refractivity contribution in [3.05, 3.63) is 12.7 Å². The molecule has 0 rings (SSSR count). The Labute approximate surface area is 65.5 Å². The van der Waals surface area contributed by atoms with Crippen LogP contribution in [0.3, 0.4) is 0 Å². The van der Waals surface area contributed by atoms with Crippen LogP contribution in [0.15, 0.2) is 12.7 Å². The summed E-state index contributed by atoms with van der Waals surface area (Å²) in [5.74, 6) is 0.869. The van der Waals surface area contributed by atoms with E-state index >= 15 is 0 Å². The van der Waals surface area contributed by atoms with Crippen LogP contribution in [0.2, 0.25) is 0 Å². The molecule has 48 valence electrons. The quantitative estimate of drug-likeness (QED) is 0.391. The topological polar surface area (TPSA) is 0 Å². The Hall–Kier alpha value is 0.470. The van der Waals surface area contributed by atoms with E-state index in [9.17, 15) is 0 Å². The maximum Gasteiger partial charge on any atom is 0.00211 e. The molecular weight excluding hydrogens is 211 g/mol. The van der Waals surface area contributed by atoms with E-state index in [0.29, 0.717) is 0 Å². The van der Waals surface area contributed by atoms with E-state index in [0.717, 1.165) is 5.92 Å². The Morgan fingerprint density at radius 2 is 2.38 bits per heavy atom. The molecule has 0 aromatic carbocycles. The van der Waals surface area contributed by atoms with Crippen molar-refractivity contribution in [2.75, 3.05) is 4.43 Å². The molecule has 0 nitrogen and oxygen atoms in total. The van der Waals surface area contributed by atoms with Gasteiger partial charge in [-0.15, -0.1) is 6.58 Å². The number of allylic oxidation sites excluding steroid dienone is 1. The van der Waals surface area contributed by atoms with Gasteiger partial charge in [-0.1, -0.05) is 35.6 Å². The number of hydrogen-bond acceptors (Lipinski definition) is 0. The van der Waals surface area contributed by atoms with Gasteiger partial charge in [-0.25, -0.2) is 0 Å². The van der Waals surface area contributed by atoms with Crippen molar-refractivity contribution in [1.82, 2.24) is 0 Å². The van der Waals surface area contributed by atoms with Crippen LogP contribution in [0.4, 0.5) is 0 Å². The number of rotatable bonds is 4. The zero-order valence-electron chi connectivity index (χ0n) is 5.36. The minimum Gasteiger partial charge on any atom is -0.103 e. The maximum absolute atomic E-state index is 3.66. The third-order valence-corrected chi connectivity index (χ3v) is 2.63. The number of hydrogen-bond donors (Lipinski definition) is 0. The molecule has 0 aliphatic rings. The smallest absolute Gasteiger partial charge is 0.00211 e. The second-order valence-electron chi connectivity index (χ2n) is 2.13. The van der Waals surface area contributed by atoms with Gasteiger partial charge in [-0.2, -0.15) is 0 Å². The molecule has 0 bridgehead atoms. The van der Waals surface area contributed by atoms with Gasteiger partial charge >= 0.3 is 0 Å². The monoisotopic (exact) mass is 224 g/mol. The summed E-state index contributed by atoms with van der Waals surface area (Å²) in [5, 5.41) is 0. The summed E-state index contributed by atoms with van der Waals surface area (Å²) in [6, 6.07) is 0. The van der Waals surface area contributed by atoms with Crippen molar-refractivity contribution in [2.45, 2.75) is 19.8 Å². The molecule has 1 atom stereocenters. The first-order valence-corrected chi connectivity index (χ1v) is 4.50. The number of alkyl halides is 1. The van der Waals surface area contributed by atoms with Crippen molar-refractivity contribution in [2.24, 2.45) is 5.92 Å². The molecule has 0 unspecified atom stereocenters. The lowest BCUT2D eigenvalue weighted by atomic mass is 10.1. The van der Waals surface area contributed by atoms with Crippen molar-refractivity contribution < 1.29 is 0 Å². The summed E-state index contributed by atoms with van der Waals surface area (Å²) in [4.78, 5) is 0. The van der Waals surface area contributed by atoms with E-state index in [2.05, 4.69) is 36.1 Å². The molecule has 1 heteroatoms. The normalized spacial score (nSPS) is 13.2. The lowest BCUT2D eigenvalue weighted by molar-refractivity contribution is 0.612. The van der Waals surface area contributed by atoms with Crippen LogP contribution in [0, 0.1) is 5.92 Å². The minimum absolute atomic E-state index is 0.869. The average Bonchev–Trinajstić information content (AvgIpc) is 1.83. The van der Waals surface area contributed by atoms with Crippen molar-refractivity contribution in [1.29, 1.82) is 0 Å². The Morgan fingerprint density at radius 3 is 2.75 bits per heavy atom. The van der Waals surface area contributed by atoms with Gasteiger partial charge in [0.15, 0.2) is 0 Å². The first kappa shape index (κ1) is 8.47. The molecule has 8 heavy (non-hydrogen) atoms. The number of halogens is 1. The van der Waals surface area contributed by atoms with E-state index in [1.807, 2.05) is 6.08 Å². The molecule has 0 amide bonds. The molecule has 0 aliphatic heterocycles. The van der Waals surface area contributed by atoms with Crippen molar-refractivity contribution in [3.8, 4) is 0 Å². The van der Waals surface area contributed by atoms with Gasteiger partial charge in [0.2, 0.25) is 0 Å². The van der Waals surface area contributed by atoms with E-state index in [1.165, 1.54) is 17.3 Å². The summed E-state index contributed by atoms with van der Waals surface area (Å²) >= 11 is 2.42. The van der Waals surface area contributed by atoms with Crippen LogP contribution in [0.1, 0.15) is 19.8 Å². The first-order chi connectivity index (χ1) is 3.81. The Kier molecular flexibility index (Phi) is 5.93. The van der Waals surface area contributed by atoms with Gasteiger partial charge in [0.1, 0.15) is 0 Å². The van der Waals surface area contributed by atoms with Gasteiger partial charge in [-0.05, 0) is 18.8 Å². The fourth-order valence-corrected chi connectivity index (χ4v) is 0.920. The third-order valence-electron chi connectivity index (χ3n) is 1.13. The third kappa shape index (κ3) is 4.62. The molecule has 0 N–H and O–H groups in total. The Morgan fingerprint density at radius 1 is 1.75 bits per heavy atom. The maximum atomic E-state index is 3.66. The van der Waals surface area contributed by atoms with Crippen LogP contribution in [0.25, 0.3) is 0 Å². The molecule has 0 aliphatic carbocycles. The molecule has 0 aromatic rings. The highest BCUT2D eigenvalue weighted by atomic mass is 127. The van der Waals surface area contributed by atoms with E-state index < -0.39 is 0 Å². The average molecular weight is 224 g/mol.